The second kappa shape index (κ2) is 7.15. The van der Waals surface area contributed by atoms with Crippen LogP contribution in [-0.4, -0.2) is 42.9 Å². The van der Waals surface area contributed by atoms with Gasteiger partial charge in [0.2, 0.25) is 0 Å². The standard InChI is InChI=1S/C18H24N2O3/c1-3-12-13-7-5-6-8-14(13)19-17(12)18(21)20-15-9-10-22-11-16(15)23-4-2/h5-8,15-16,19H,3-4,9-11H2,1-2H3,(H,20,21)/t15-,16-/m1/s1. The third kappa shape index (κ3) is 3.26. The molecule has 2 heterocycles. The van der Waals surface area contributed by atoms with E-state index in [1.54, 1.807) is 0 Å². The van der Waals surface area contributed by atoms with E-state index in [-0.39, 0.29) is 18.1 Å². The van der Waals surface area contributed by atoms with Crippen LogP contribution in [0.25, 0.3) is 10.9 Å². The molecular weight excluding hydrogens is 292 g/mol. The molecule has 23 heavy (non-hydrogen) atoms. The summed E-state index contributed by atoms with van der Waals surface area (Å²) in [7, 11) is 0. The van der Waals surface area contributed by atoms with Crippen molar-refractivity contribution in [1.82, 2.24) is 10.3 Å². The van der Waals surface area contributed by atoms with Crippen molar-refractivity contribution >= 4 is 16.8 Å². The van der Waals surface area contributed by atoms with Crippen molar-refractivity contribution in [2.45, 2.75) is 38.8 Å². The van der Waals surface area contributed by atoms with E-state index in [0.717, 1.165) is 29.3 Å². The van der Waals surface area contributed by atoms with E-state index in [4.69, 9.17) is 9.47 Å². The van der Waals surface area contributed by atoms with Crippen LogP contribution in [0.3, 0.4) is 0 Å². The highest BCUT2D eigenvalue weighted by Crippen LogP contribution is 2.23. The molecule has 2 N–H and O–H groups in total. The molecule has 2 aromatic rings. The maximum absolute atomic E-state index is 12.8. The van der Waals surface area contributed by atoms with Gasteiger partial charge in [-0.2, -0.15) is 0 Å². The summed E-state index contributed by atoms with van der Waals surface area (Å²) in [4.78, 5) is 16.0. The molecule has 1 amide bonds. The molecule has 5 nitrogen and oxygen atoms in total. The first-order chi connectivity index (χ1) is 11.2. The SMILES string of the molecule is CCO[C@@H]1COCC[C@H]1NC(=O)c1[nH]c2ccccc2c1CC. The summed E-state index contributed by atoms with van der Waals surface area (Å²) in [6.45, 7) is 5.84. The Labute approximate surface area is 136 Å². The molecule has 1 aromatic carbocycles. The number of hydrogen-bond donors (Lipinski definition) is 2. The van der Waals surface area contributed by atoms with Crippen molar-refractivity contribution < 1.29 is 14.3 Å². The molecule has 1 aliphatic heterocycles. The number of aromatic amines is 1. The van der Waals surface area contributed by atoms with Crippen LogP contribution >= 0.6 is 0 Å². The second-order valence-electron chi connectivity index (χ2n) is 5.82. The van der Waals surface area contributed by atoms with E-state index in [9.17, 15) is 4.79 Å². The number of aryl methyl sites for hydroxylation is 1. The molecule has 1 aliphatic rings. The van der Waals surface area contributed by atoms with Crippen molar-refractivity contribution in [3.05, 3.63) is 35.5 Å². The lowest BCUT2D eigenvalue weighted by Gasteiger charge is -2.31. The Kier molecular flexibility index (Phi) is 4.98. The highest BCUT2D eigenvalue weighted by molar-refractivity contribution is 6.01. The van der Waals surface area contributed by atoms with E-state index in [1.807, 2.05) is 25.1 Å². The highest BCUT2D eigenvalue weighted by Gasteiger charge is 2.29. The molecule has 0 spiro atoms. The van der Waals surface area contributed by atoms with Gasteiger partial charge in [0, 0.05) is 24.1 Å². The average molecular weight is 316 g/mol. The van der Waals surface area contributed by atoms with Gasteiger partial charge in [-0.25, -0.2) is 0 Å². The third-order valence-corrected chi connectivity index (χ3v) is 4.40. The fourth-order valence-corrected chi connectivity index (χ4v) is 3.26. The Bertz CT molecular complexity index is 678. The van der Waals surface area contributed by atoms with E-state index in [0.29, 0.717) is 25.5 Å². The van der Waals surface area contributed by atoms with Gasteiger partial charge in [0.15, 0.2) is 0 Å². The Hall–Kier alpha value is -1.85. The Morgan fingerprint density at radius 2 is 2.22 bits per heavy atom. The number of ether oxygens (including phenoxy) is 2. The van der Waals surface area contributed by atoms with Crippen LogP contribution < -0.4 is 5.32 Å². The summed E-state index contributed by atoms with van der Waals surface area (Å²) in [5, 5.41) is 4.25. The minimum atomic E-state index is -0.0767. The van der Waals surface area contributed by atoms with Crippen LogP contribution in [-0.2, 0) is 15.9 Å². The van der Waals surface area contributed by atoms with Crippen LogP contribution in [0.15, 0.2) is 24.3 Å². The number of aromatic nitrogens is 1. The van der Waals surface area contributed by atoms with Crippen molar-refractivity contribution in [3.63, 3.8) is 0 Å². The van der Waals surface area contributed by atoms with Crippen molar-refractivity contribution in [1.29, 1.82) is 0 Å². The number of rotatable bonds is 5. The van der Waals surface area contributed by atoms with Gasteiger partial charge in [0.25, 0.3) is 5.91 Å². The molecule has 0 saturated carbocycles. The number of nitrogens with one attached hydrogen (secondary N) is 2. The number of amides is 1. The topological polar surface area (TPSA) is 63.4 Å². The van der Waals surface area contributed by atoms with Gasteiger partial charge < -0.3 is 19.8 Å². The summed E-state index contributed by atoms with van der Waals surface area (Å²) in [5.74, 6) is -0.0605. The fraction of sp³-hybridized carbons (Fsp3) is 0.500. The zero-order chi connectivity index (χ0) is 16.2. The van der Waals surface area contributed by atoms with Crippen LogP contribution in [0.1, 0.15) is 36.3 Å². The second-order valence-corrected chi connectivity index (χ2v) is 5.82. The zero-order valence-corrected chi connectivity index (χ0v) is 13.7. The molecule has 0 radical (unpaired) electrons. The van der Waals surface area contributed by atoms with Gasteiger partial charge in [0.1, 0.15) is 11.8 Å². The zero-order valence-electron chi connectivity index (χ0n) is 13.7. The minimum Gasteiger partial charge on any atom is -0.379 e. The smallest absolute Gasteiger partial charge is 0.268 e. The molecule has 0 bridgehead atoms. The van der Waals surface area contributed by atoms with Gasteiger partial charge in [-0.3, -0.25) is 4.79 Å². The molecule has 0 aliphatic carbocycles. The molecular formula is C18H24N2O3. The maximum atomic E-state index is 12.8. The molecule has 2 atom stereocenters. The first-order valence-electron chi connectivity index (χ1n) is 8.34. The average Bonchev–Trinajstić information content (AvgIpc) is 2.95. The van der Waals surface area contributed by atoms with Gasteiger partial charge >= 0.3 is 0 Å². The lowest BCUT2D eigenvalue weighted by Crippen LogP contribution is -2.50. The van der Waals surface area contributed by atoms with Gasteiger partial charge in [-0.1, -0.05) is 25.1 Å². The summed E-state index contributed by atoms with van der Waals surface area (Å²) in [6, 6.07) is 8.03. The van der Waals surface area contributed by atoms with Gasteiger partial charge in [-0.05, 0) is 31.4 Å². The minimum absolute atomic E-state index is 0.00711. The number of benzene rings is 1. The van der Waals surface area contributed by atoms with Crippen molar-refractivity contribution in [2.24, 2.45) is 0 Å². The molecule has 1 aromatic heterocycles. The lowest BCUT2D eigenvalue weighted by molar-refractivity contribution is -0.0633. The first kappa shape index (κ1) is 16.0. The fourth-order valence-electron chi connectivity index (χ4n) is 3.26. The first-order valence-corrected chi connectivity index (χ1v) is 8.34. The highest BCUT2D eigenvalue weighted by atomic mass is 16.5. The summed E-state index contributed by atoms with van der Waals surface area (Å²) in [6.07, 6.45) is 1.51. The summed E-state index contributed by atoms with van der Waals surface area (Å²) in [5.41, 5.74) is 2.73. The summed E-state index contributed by atoms with van der Waals surface area (Å²) >= 11 is 0. The number of fused-ring (bicyclic) bond motifs is 1. The molecule has 124 valence electrons. The van der Waals surface area contributed by atoms with Crippen LogP contribution in [0, 0.1) is 0 Å². The lowest BCUT2D eigenvalue weighted by atomic mass is 10.0. The number of para-hydroxylation sites is 1. The molecule has 3 rings (SSSR count). The third-order valence-electron chi connectivity index (χ3n) is 4.40. The molecule has 0 unspecified atom stereocenters. The van der Waals surface area contributed by atoms with E-state index >= 15 is 0 Å². The number of carbonyl (C=O) groups excluding carboxylic acids is 1. The molecule has 1 saturated heterocycles. The Balaban J connectivity index is 1.82. The summed E-state index contributed by atoms with van der Waals surface area (Å²) < 4.78 is 11.2. The quantitative estimate of drug-likeness (QED) is 0.891. The van der Waals surface area contributed by atoms with Crippen LogP contribution in [0.5, 0.6) is 0 Å². The van der Waals surface area contributed by atoms with Crippen molar-refractivity contribution in [2.75, 3.05) is 19.8 Å². The van der Waals surface area contributed by atoms with E-state index < -0.39 is 0 Å². The predicted octanol–water partition coefficient (Wildman–Crippen LogP) is 2.65. The molecule has 1 fully saturated rings. The van der Waals surface area contributed by atoms with Gasteiger partial charge in [-0.15, -0.1) is 0 Å². The number of hydrogen-bond acceptors (Lipinski definition) is 3. The number of carbonyl (C=O) groups is 1. The Morgan fingerprint density at radius 3 is 3.00 bits per heavy atom. The van der Waals surface area contributed by atoms with E-state index in [1.165, 1.54) is 0 Å². The van der Waals surface area contributed by atoms with E-state index in [2.05, 4.69) is 23.3 Å². The predicted molar refractivity (Wildman–Crippen MR) is 89.8 cm³/mol. The molecule has 5 heteroatoms. The normalized spacial score (nSPS) is 21.5. The number of H-pyrrole nitrogens is 1. The largest absolute Gasteiger partial charge is 0.379 e. The van der Waals surface area contributed by atoms with Crippen LogP contribution in [0.2, 0.25) is 0 Å². The van der Waals surface area contributed by atoms with Crippen LogP contribution in [0.4, 0.5) is 0 Å². The van der Waals surface area contributed by atoms with Crippen molar-refractivity contribution in [3.8, 4) is 0 Å². The maximum Gasteiger partial charge on any atom is 0.268 e. The van der Waals surface area contributed by atoms with Gasteiger partial charge in [0.05, 0.1) is 12.6 Å². The Morgan fingerprint density at radius 1 is 1.39 bits per heavy atom. The monoisotopic (exact) mass is 316 g/mol.